The molecule has 1 aromatic carbocycles. The summed E-state index contributed by atoms with van der Waals surface area (Å²) in [5, 5.41) is 23.3. The predicted molar refractivity (Wildman–Crippen MR) is 135 cm³/mol. The first-order valence-electron chi connectivity index (χ1n) is 11.3. The highest BCUT2D eigenvalue weighted by Gasteiger charge is 2.28. The molecule has 0 saturated heterocycles. The molecule has 0 bridgehead atoms. The number of aromatic hydroxyl groups is 1. The first-order valence-corrected chi connectivity index (χ1v) is 11.3. The molecule has 194 valence electrons. The summed E-state index contributed by atoms with van der Waals surface area (Å²) < 4.78 is 5.13. The number of hydrogen-bond donors (Lipinski definition) is 6. The number of rotatable bonds is 10. The lowest BCUT2D eigenvalue weighted by Crippen LogP contribution is -2.37. The van der Waals surface area contributed by atoms with Gasteiger partial charge in [0.2, 0.25) is 11.9 Å². The van der Waals surface area contributed by atoms with Gasteiger partial charge in [0.25, 0.3) is 0 Å². The Bertz CT molecular complexity index is 981. The number of amides is 3. The minimum absolute atomic E-state index is 0.0283. The molecule has 35 heavy (non-hydrogen) atoms. The van der Waals surface area contributed by atoms with Gasteiger partial charge in [-0.15, -0.1) is 0 Å². The van der Waals surface area contributed by atoms with Crippen LogP contribution < -0.4 is 26.8 Å². The molecule has 0 aliphatic heterocycles. The van der Waals surface area contributed by atoms with E-state index in [1.807, 2.05) is 0 Å². The molecular weight excluding hydrogens is 452 g/mol. The van der Waals surface area contributed by atoms with Crippen LogP contribution in [0.25, 0.3) is 0 Å². The molecule has 8 N–H and O–H groups in total. The van der Waals surface area contributed by atoms with Crippen molar-refractivity contribution in [1.82, 2.24) is 15.3 Å². The van der Waals surface area contributed by atoms with E-state index in [0.29, 0.717) is 42.5 Å². The monoisotopic (exact) mass is 490 g/mol. The normalized spacial score (nSPS) is 10.8. The van der Waals surface area contributed by atoms with Gasteiger partial charge in [-0.25, -0.2) is 9.78 Å². The number of anilines is 2. The number of nitrogens with zero attached hydrogens (tertiary/aromatic N) is 2. The Balaban J connectivity index is 0.000000905. The van der Waals surface area contributed by atoms with Gasteiger partial charge in [-0.1, -0.05) is 33.8 Å². The van der Waals surface area contributed by atoms with E-state index in [-0.39, 0.29) is 24.1 Å². The van der Waals surface area contributed by atoms with Gasteiger partial charge in [0, 0.05) is 36.7 Å². The number of nitrogens with two attached hydrogens (primary N) is 2. The van der Waals surface area contributed by atoms with Gasteiger partial charge >= 0.3 is 6.03 Å². The van der Waals surface area contributed by atoms with E-state index in [1.54, 1.807) is 32.2 Å². The second-order valence-electron chi connectivity index (χ2n) is 9.07. The summed E-state index contributed by atoms with van der Waals surface area (Å²) in [4.78, 5) is 31.7. The largest absolute Gasteiger partial charge is 0.504 e. The van der Waals surface area contributed by atoms with E-state index >= 15 is 0 Å². The smallest absolute Gasteiger partial charge is 0.312 e. The number of nitrogens with one attached hydrogen (secondary N) is 2. The number of ether oxygens (including phenoxy) is 1. The highest BCUT2D eigenvalue weighted by molar-refractivity contribution is 5.94. The number of carbonyl (C=O) groups is 2. The second kappa shape index (κ2) is 14.0. The van der Waals surface area contributed by atoms with Gasteiger partial charge in [0.15, 0.2) is 11.5 Å². The minimum Gasteiger partial charge on any atom is -0.504 e. The fourth-order valence-electron chi connectivity index (χ4n) is 2.86. The maximum Gasteiger partial charge on any atom is 0.312 e. The lowest BCUT2D eigenvalue weighted by Gasteiger charge is -2.24. The van der Waals surface area contributed by atoms with Gasteiger partial charge in [0.05, 0.1) is 7.11 Å². The zero-order chi connectivity index (χ0) is 26.6. The van der Waals surface area contributed by atoms with E-state index in [1.165, 1.54) is 13.2 Å². The number of primary amides is 1. The Morgan fingerprint density at radius 1 is 1.26 bits per heavy atom. The van der Waals surface area contributed by atoms with E-state index in [2.05, 4.69) is 34.4 Å². The first-order chi connectivity index (χ1) is 16.4. The zero-order valence-corrected chi connectivity index (χ0v) is 21.1. The molecule has 0 fully saturated rings. The Morgan fingerprint density at radius 3 is 2.49 bits per heavy atom. The van der Waals surface area contributed by atoms with Gasteiger partial charge < -0.3 is 37.1 Å². The van der Waals surface area contributed by atoms with E-state index in [9.17, 15) is 14.7 Å². The molecule has 0 unspecified atom stereocenters. The number of nitrogen functional groups attached to an aromatic ring is 1. The van der Waals surface area contributed by atoms with Crippen molar-refractivity contribution in [1.29, 1.82) is 0 Å². The topological polar surface area (TPSA) is 186 Å². The SMILES string of the molecule is CC(C)CCO.COc1cc(Cc2cnc(N)nc2NC(=O)C(C)(C)CCNC(N)=O)ccc1O. The van der Waals surface area contributed by atoms with Crippen LogP contribution in [0.4, 0.5) is 16.6 Å². The number of methoxy groups -OCH3 is 1. The molecule has 2 rings (SSSR count). The van der Waals surface area contributed by atoms with Crippen LogP contribution in [-0.2, 0) is 11.2 Å². The third kappa shape index (κ3) is 10.5. The summed E-state index contributed by atoms with van der Waals surface area (Å²) in [5.41, 5.74) is 11.4. The number of hydrogen-bond acceptors (Lipinski definition) is 8. The molecule has 11 nitrogen and oxygen atoms in total. The standard InChI is InChI=1S/C19H26N6O4.C5H12O/c1-19(2,6-7-22-18(21)28)16(27)24-15-12(10-23-17(20)25-15)8-11-4-5-13(26)14(9-11)29-3;1-5(2)3-4-6/h4-5,9-10,26H,6-8H2,1-3H3,(H3,21,22,28)(H3,20,23,24,25,27);5-6H,3-4H2,1-2H3. The number of aliphatic hydroxyl groups is 1. The Kier molecular flexibility index (Phi) is 11.7. The van der Waals surface area contributed by atoms with Crippen molar-refractivity contribution in [3.05, 3.63) is 35.5 Å². The molecule has 1 aromatic heterocycles. The average molecular weight is 491 g/mol. The minimum atomic E-state index is -0.790. The number of urea groups is 1. The van der Waals surface area contributed by atoms with Crippen LogP contribution in [0.2, 0.25) is 0 Å². The Hall–Kier alpha value is -3.60. The molecule has 3 amide bonds. The Morgan fingerprint density at radius 2 is 1.94 bits per heavy atom. The third-order valence-electron chi connectivity index (χ3n) is 5.12. The first kappa shape index (κ1) is 29.4. The molecule has 0 aliphatic rings. The maximum atomic E-state index is 12.8. The van der Waals surface area contributed by atoms with Crippen molar-refractivity contribution in [2.45, 2.75) is 47.0 Å². The Labute approximate surface area is 206 Å². The number of aliphatic hydroxyl groups excluding tert-OH is 1. The maximum absolute atomic E-state index is 12.8. The van der Waals surface area contributed by atoms with Crippen LogP contribution in [0.15, 0.2) is 24.4 Å². The summed E-state index contributed by atoms with van der Waals surface area (Å²) in [6, 6.07) is 4.31. The van der Waals surface area contributed by atoms with Gasteiger partial charge in [-0.2, -0.15) is 4.98 Å². The quantitative estimate of drug-likeness (QED) is 0.293. The van der Waals surface area contributed by atoms with Crippen molar-refractivity contribution >= 4 is 23.7 Å². The van der Waals surface area contributed by atoms with Crippen molar-refractivity contribution in [2.75, 3.05) is 31.3 Å². The molecule has 11 heteroatoms. The highest BCUT2D eigenvalue weighted by Crippen LogP contribution is 2.29. The third-order valence-corrected chi connectivity index (χ3v) is 5.12. The van der Waals surface area contributed by atoms with Gasteiger partial charge in [-0.05, 0) is 36.5 Å². The van der Waals surface area contributed by atoms with Crippen LogP contribution in [0.1, 0.15) is 51.7 Å². The molecule has 0 saturated carbocycles. The predicted octanol–water partition coefficient (Wildman–Crippen LogP) is 2.41. The number of phenols is 1. The lowest BCUT2D eigenvalue weighted by molar-refractivity contribution is -0.124. The van der Waals surface area contributed by atoms with Crippen molar-refractivity contribution in [3.63, 3.8) is 0 Å². The van der Waals surface area contributed by atoms with Crippen LogP contribution in [-0.4, -0.2) is 52.4 Å². The average Bonchev–Trinajstić information content (AvgIpc) is 2.76. The fourth-order valence-corrected chi connectivity index (χ4v) is 2.86. The van der Waals surface area contributed by atoms with Crippen molar-refractivity contribution in [2.24, 2.45) is 17.1 Å². The van der Waals surface area contributed by atoms with Crippen LogP contribution in [0, 0.1) is 11.3 Å². The van der Waals surface area contributed by atoms with Crippen molar-refractivity contribution < 1.29 is 24.5 Å². The molecule has 0 aliphatic carbocycles. The van der Waals surface area contributed by atoms with E-state index in [4.69, 9.17) is 21.3 Å². The number of phenolic OH excluding ortho intramolecular Hbond substituents is 1. The summed E-state index contributed by atoms with van der Waals surface area (Å²) in [6.07, 6.45) is 3.24. The van der Waals surface area contributed by atoms with Crippen molar-refractivity contribution in [3.8, 4) is 11.5 Å². The molecule has 0 radical (unpaired) electrons. The number of benzene rings is 1. The van der Waals surface area contributed by atoms with Gasteiger partial charge in [-0.3, -0.25) is 4.79 Å². The summed E-state index contributed by atoms with van der Waals surface area (Å²) in [5.74, 6) is 1.06. The summed E-state index contributed by atoms with van der Waals surface area (Å²) >= 11 is 0. The van der Waals surface area contributed by atoms with Crippen LogP contribution in [0.5, 0.6) is 11.5 Å². The van der Waals surface area contributed by atoms with E-state index < -0.39 is 11.4 Å². The van der Waals surface area contributed by atoms with Crippen LogP contribution >= 0.6 is 0 Å². The fraction of sp³-hybridized carbons (Fsp3) is 0.500. The highest BCUT2D eigenvalue weighted by atomic mass is 16.5. The molecule has 0 spiro atoms. The number of aromatic nitrogens is 2. The van der Waals surface area contributed by atoms with Crippen LogP contribution in [0.3, 0.4) is 0 Å². The molecule has 0 atom stereocenters. The summed E-state index contributed by atoms with van der Waals surface area (Å²) in [7, 11) is 1.46. The van der Waals surface area contributed by atoms with E-state index in [0.717, 1.165) is 12.0 Å². The zero-order valence-electron chi connectivity index (χ0n) is 21.1. The number of carbonyl (C=O) groups excluding carboxylic acids is 2. The second-order valence-corrected chi connectivity index (χ2v) is 9.07. The molecule has 1 heterocycles. The molecular formula is C24H38N6O5. The molecule has 2 aromatic rings. The summed E-state index contributed by atoms with van der Waals surface area (Å²) in [6.45, 7) is 8.28. The van der Waals surface area contributed by atoms with Gasteiger partial charge in [0.1, 0.15) is 5.82 Å². The lowest BCUT2D eigenvalue weighted by atomic mass is 9.88.